The lowest BCUT2D eigenvalue weighted by molar-refractivity contribution is -0.122. The molecule has 3 aromatic rings. The third-order valence-corrected chi connectivity index (χ3v) is 7.20. The molecular weight excluding hydrogens is 511 g/mol. The zero-order valence-corrected chi connectivity index (χ0v) is 21.5. The quantitative estimate of drug-likeness (QED) is 0.322. The molecule has 1 amide bonds. The first-order valence-corrected chi connectivity index (χ1v) is 12.6. The minimum absolute atomic E-state index is 0. The zero-order chi connectivity index (χ0) is 24.6. The summed E-state index contributed by atoms with van der Waals surface area (Å²) in [5.74, 6) is 0.134. The average Bonchev–Trinajstić information content (AvgIpc) is 2.85. The van der Waals surface area contributed by atoms with Crippen LogP contribution >= 0.6 is 24.0 Å². The van der Waals surface area contributed by atoms with E-state index in [2.05, 4.69) is 10.6 Å². The first-order chi connectivity index (χ1) is 16.3. The van der Waals surface area contributed by atoms with Crippen molar-refractivity contribution in [2.75, 3.05) is 26.7 Å². The maximum Gasteiger partial charge on any atom is 0.257 e. The van der Waals surface area contributed by atoms with Crippen LogP contribution in [0.2, 0.25) is 5.02 Å². The molecule has 3 N–H and O–H groups in total. The van der Waals surface area contributed by atoms with Crippen LogP contribution < -0.4 is 15.4 Å². The highest BCUT2D eigenvalue weighted by Crippen LogP contribution is 2.23. The van der Waals surface area contributed by atoms with Gasteiger partial charge in [0.15, 0.2) is 6.61 Å². The van der Waals surface area contributed by atoms with Gasteiger partial charge in [-0.1, -0.05) is 35.9 Å². The first-order valence-electron chi connectivity index (χ1n) is 10.7. The Hall–Kier alpha value is -2.62. The lowest BCUT2D eigenvalue weighted by Crippen LogP contribution is -2.24. The van der Waals surface area contributed by atoms with E-state index in [9.17, 15) is 18.3 Å². The van der Waals surface area contributed by atoms with Crippen molar-refractivity contribution in [2.45, 2.75) is 22.3 Å². The number of halogens is 2. The van der Waals surface area contributed by atoms with Gasteiger partial charge < -0.3 is 20.5 Å². The Morgan fingerprint density at radius 1 is 1.03 bits per heavy atom. The maximum atomic E-state index is 12.9. The summed E-state index contributed by atoms with van der Waals surface area (Å²) in [6, 6.07) is 19.8. The van der Waals surface area contributed by atoms with Crippen molar-refractivity contribution in [3.63, 3.8) is 0 Å². The lowest BCUT2D eigenvalue weighted by atomic mass is 10.1. The number of hydrogen-bond donors (Lipinski definition) is 3. The van der Waals surface area contributed by atoms with Gasteiger partial charge in [0, 0.05) is 18.6 Å². The summed E-state index contributed by atoms with van der Waals surface area (Å²) in [4.78, 5) is 11.6. The summed E-state index contributed by atoms with van der Waals surface area (Å²) in [5, 5.41) is 16.5. The SMILES string of the molecule is CNC(=O)COc1ccc(S(=O)(=O)c2ccc(CCNCC(O)c3cccc(Cl)c3)cc2)cc1.Cl. The fraction of sp³-hybridized carbons (Fsp3) is 0.240. The van der Waals surface area contributed by atoms with E-state index in [1.54, 1.807) is 42.5 Å². The molecule has 188 valence electrons. The molecule has 3 rings (SSSR count). The first kappa shape index (κ1) is 28.6. The predicted octanol–water partition coefficient (Wildman–Crippen LogP) is 3.59. The molecule has 0 bridgehead atoms. The summed E-state index contributed by atoms with van der Waals surface area (Å²) in [6.45, 7) is 0.870. The lowest BCUT2D eigenvalue weighted by Gasteiger charge is -2.13. The number of sulfone groups is 1. The van der Waals surface area contributed by atoms with Crippen LogP contribution in [0.5, 0.6) is 5.75 Å². The van der Waals surface area contributed by atoms with Gasteiger partial charge in [-0.2, -0.15) is 0 Å². The van der Waals surface area contributed by atoms with Gasteiger partial charge in [0.25, 0.3) is 5.91 Å². The monoisotopic (exact) mass is 538 g/mol. The maximum absolute atomic E-state index is 12.9. The second-order valence-corrected chi connectivity index (χ2v) is 9.99. The van der Waals surface area contributed by atoms with Gasteiger partial charge in [-0.15, -0.1) is 12.4 Å². The molecule has 35 heavy (non-hydrogen) atoms. The summed E-state index contributed by atoms with van der Waals surface area (Å²) in [6.07, 6.45) is 0.0202. The molecule has 3 aromatic carbocycles. The van der Waals surface area contributed by atoms with E-state index in [4.69, 9.17) is 16.3 Å². The Morgan fingerprint density at radius 2 is 1.66 bits per heavy atom. The summed E-state index contributed by atoms with van der Waals surface area (Å²) >= 11 is 5.96. The van der Waals surface area contributed by atoms with Gasteiger partial charge in [-0.05, 0) is 72.6 Å². The van der Waals surface area contributed by atoms with Crippen molar-refractivity contribution >= 4 is 39.8 Å². The molecule has 0 spiro atoms. The van der Waals surface area contributed by atoms with Crippen LogP contribution in [0.15, 0.2) is 82.6 Å². The van der Waals surface area contributed by atoms with Crippen molar-refractivity contribution < 1.29 is 23.1 Å². The highest BCUT2D eigenvalue weighted by molar-refractivity contribution is 7.91. The number of rotatable bonds is 11. The average molecular weight is 539 g/mol. The van der Waals surface area contributed by atoms with Crippen LogP contribution in [-0.4, -0.2) is 46.2 Å². The predicted molar refractivity (Wildman–Crippen MR) is 138 cm³/mol. The summed E-state index contributed by atoms with van der Waals surface area (Å²) in [7, 11) is -2.16. The molecule has 0 aromatic heterocycles. The Balaban J connectivity index is 0.00000432. The second-order valence-electron chi connectivity index (χ2n) is 7.61. The standard InChI is InChI=1S/C25H27ClN2O5S.ClH/c1-27-25(30)17-33-21-7-11-23(12-8-21)34(31,32)22-9-5-18(6-10-22)13-14-28-16-24(29)19-3-2-4-20(26)15-19;/h2-12,15,24,28-29H,13-14,16-17H2,1H3,(H,27,30);1H. The van der Waals surface area contributed by atoms with Crippen LogP contribution in [0.1, 0.15) is 17.2 Å². The highest BCUT2D eigenvalue weighted by atomic mass is 35.5. The van der Waals surface area contributed by atoms with Crippen LogP contribution in [0, 0.1) is 0 Å². The number of ether oxygens (including phenoxy) is 1. The molecule has 0 saturated heterocycles. The van der Waals surface area contributed by atoms with Crippen molar-refractivity contribution in [3.05, 3.63) is 88.9 Å². The third kappa shape index (κ3) is 8.23. The number of carbonyl (C=O) groups excluding carboxylic acids is 1. The molecule has 0 aliphatic carbocycles. The van der Waals surface area contributed by atoms with Gasteiger partial charge >= 0.3 is 0 Å². The van der Waals surface area contributed by atoms with Crippen molar-refractivity contribution in [1.82, 2.24) is 10.6 Å². The van der Waals surface area contributed by atoms with Crippen LogP contribution in [0.3, 0.4) is 0 Å². The molecule has 0 aliphatic rings. The summed E-state index contributed by atoms with van der Waals surface area (Å²) in [5.41, 5.74) is 1.72. The van der Waals surface area contributed by atoms with Gasteiger partial charge in [0.2, 0.25) is 9.84 Å². The minimum Gasteiger partial charge on any atom is -0.484 e. The molecule has 0 fully saturated rings. The van der Waals surface area contributed by atoms with Crippen LogP contribution in [0.25, 0.3) is 0 Å². The highest BCUT2D eigenvalue weighted by Gasteiger charge is 2.17. The number of hydrogen-bond acceptors (Lipinski definition) is 6. The van der Waals surface area contributed by atoms with E-state index in [1.165, 1.54) is 31.3 Å². The molecule has 0 saturated carbocycles. The van der Waals surface area contributed by atoms with Crippen LogP contribution in [-0.2, 0) is 21.1 Å². The molecule has 1 atom stereocenters. The molecule has 0 aliphatic heterocycles. The van der Waals surface area contributed by atoms with E-state index < -0.39 is 15.9 Å². The topological polar surface area (TPSA) is 105 Å². The Kier molecular flexibility index (Phi) is 11.0. The van der Waals surface area contributed by atoms with Crippen molar-refractivity contribution in [1.29, 1.82) is 0 Å². The molecule has 1 unspecified atom stereocenters. The Morgan fingerprint density at radius 3 is 2.26 bits per heavy atom. The zero-order valence-electron chi connectivity index (χ0n) is 19.1. The number of nitrogens with one attached hydrogen (secondary N) is 2. The normalized spacial score (nSPS) is 11.9. The molecular formula is C25H28Cl2N2O5S. The number of benzene rings is 3. The molecule has 0 radical (unpaired) electrons. The minimum atomic E-state index is -3.67. The van der Waals surface area contributed by atoms with E-state index in [0.717, 1.165) is 11.1 Å². The number of carbonyl (C=O) groups is 1. The number of aliphatic hydroxyl groups is 1. The largest absolute Gasteiger partial charge is 0.484 e. The summed E-state index contributed by atoms with van der Waals surface area (Å²) < 4.78 is 31.1. The Bertz CT molecular complexity index is 1200. The second kappa shape index (κ2) is 13.5. The van der Waals surface area contributed by atoms with E-state index >= 15 is 0 Å². The van der Waals surface area contributed by atoms with Gasteiger partial charge in [-0.25, -0.2) is 8.42 Å². The molecule has 0 heterocycles. The molecule has 10 heteroatoms. The third-order valence-electron chi connectivity index (χ3n) is 5.18. The molecule has 7 nitrogen and oxygen atoms in total. The van der Waals surface area contributed by atoms with Crippen LogP contribution in [0.4, 0.5) is 0 Å². The number of likely N-dealkylation sites (N-methyl/N-ethyl adjacent to an activating group) is 1. The van der Waals surface area contributed by atoms with Gasteiger partial charge in [-0.3, -0.25) is 4.79 Å². The fourth-order valence-electron chi connectivity index (χ4n) is 3.21. The Labute approximate surface area is 216 Å². The van der Waals surface area contributed by atoms with E-state index in [-0.39, 0.29) is 34.7 Å². The van der Waals surface area contributed by atoms with E-state index in [1.807, 2.05) is 6.07 Å². The van der Waals surface area contributed by atoms with Crippen molar-refractivity contribution in [2.24, 2.45) is 0 Å². The van der Waals surface area contributed by atoms with E-state index in [0.29, 0.717) is 30.3 Å². The van der Waals surface area contributed by atoms with Gasteiger partial charge in [0.05, 0.1) is 15.9 Å². The van der Waals surface area contributed by atoms with Gasteiger partial charge in [0.1, 0.15) is 5.75 Å². The number of aliphatic hydroxyl groups excluding tert-OH is 1. The smallest absolute Gasteiger partial charge is 0.257 e. The number of amides is 1. The van der Waals surface area contributed by atoms with Crippen molar-refractivity contribution in [3.8, 4) is 5.75 Å². The fourth-order valence-corrected chi connectivity index (χ4v) is 4.67.